The van der Waals surface area contributed by atoms with Gasteiger partial charge in [0.1, 0.15) is 36.0 Å². The van der Waals surface area contributed by atoms with Gasteiger partial charge in [-0.15, -0.1) is 0 Å². The Hall–Kier alpha value is -4.37. The highest BCUT2D eigenvalue weighted by atomic mass is 32.2. The summed E-state index contributed by atoms with van der Waals surface area (Å²) in [4.78, 5) is 61.1. The minimum Gasteiger partial charge on any atom is -0.463 e. The van der Waals surface area contributed by atoms with E-state index >= 15 is 0 Å². The fourth-order valence-corrected chi connectivity index (χ4v) is 5.42. The van der Waals surface area contributed by atoms with E-state index in [4.69, 9.17) is 23.4 Å². The number of rotatable bonds is 8. The zero-order chi connectivity index (χ0) is 29.3. The molecule has 1 saturated heterocycles. The molecule has 0 bridgehead atoms. The summed E-state index contributed by atoms with van der Waals surface area (Å²) >= 11 is 1.11. The van der Waals surface area contributed by atoms with Gasteiger partial charge in [0.25, 0.3) is 0 Å². The quantitative estimate of drug-likeness (QED) is 0.128. The fraction of sp³-hybridized carbons (Fsp3) is 0.346. The summed E-state index contributed by atoms with van der Waals surface area (Å²) in [5, 5.41) is 0.697. The first-order valence-corrected chi connectivity index (χ1v) is 13.3. The highest BCUT2D eigenvalue weighted by Crippen LogP contribution is 2.39. The van der Waals surface area contributed by atoms with Crippen LogP contribution in [-0.4, -0.2) is 62.3 Å². The summed E-state index contributed by atoms with van der Waals surface area (Å²) < 4.78 is 42.9. The lowest BCUT2D eigenvalue weighted by Gasteiger charge is -2.24. The number of fused-ring (bicyclic) bond motifs is 2. The molecule has 0 amide bonds. The van der Waals surface area contributed by atoms with Crippen LogP contribution in [-0.2, 0) is 39.1 Å². The zero-order valence-electron chi connectivity index (χ0n) is 21.9. The van der Waals surface area contributed by atoms with Crippen molar-refractivity contribution in [3.05, 3.63) is 58.6 Å². The number of thioether (sulfide) groups is 1. The van der Waals surface area contributed by atoms with E-state index in [0.717, 1.165) is 11.8 Å². The summed E-state index contributed by atoms with van der Waals surface area (Å²) in [6.07, 6.45) is -1.70. The molecule has 0 unspecified atom stereocenters. The maximum Gasteiger partial charge on any atom is 0.340 e. The minimum absolute atomic E-state index is 0.0563. The molecule has 4 atom stereocenters. The molecule has 0 spiro atoms. The monoisotopic (exact) mass is 586 g/mol. The zero-order valence-corrected chi connectivity index (χ0v) is 22.8. The van der Waals surface area contributed by atoms with E-state index in [1.165, 1.54) is 62.1 Å². The number of carbonyl (C=O) groups is 3. The molecule has 13 nitrogen and oxygen atoms in total. The second-order valence-electron chi connectivity index (χ2n) is 9.04. The summed E-state index contributed by atoms with van der Waals surface area (Å²) in [5.41, 5.74) is 0.538. The van der Waals surface area contributed by atoms with Gasteiger partial charge in [0.05, 0.1) is 6.20 Å². The fourth-order valence-electron chi connectivity index (χ4n) is 4.44. The topological polar surface area (TPSA) is 162 Å². The van der Waals surface area contributed by atoms with Gasteiger partial charge in [0.2, 0.25) is 0 Å². The van der Waals surface area contributed by atoms with Crippen molar-refractivity contribution in [3.63, 3.8) is 0 Å². The van der Waals surface area contributed by atoms with E-state index < -0.39 is 53.9 Å². The molecule has 5 rings (SSSR count). The lowest BCUT2D eigenvalue weighted by molar-refractivity contribution is -0.166. The molecular weight excluding hydrogens is 563 g/mol. The molecule has 3 aromatic heterocycles. The van der Waals surface area contributed by atoms with Crippen molar-refractivity contribution >= 4 is 51.8 Å². The number of hydrogen-bond donors (Lipinski definition) is 0. The van der Waals surface area contributed by atoms with Gasteiger partial charge in [0, 0.05) is 37.5 Å². The van der Waals surface area contributed by atoms with Crippen LogP contribution in [0.15, 0.2) is 51.2 Å². The number of nitrogens with zero attached hydrogens (tertiary/aromatic N) is 4. The SMILES string of the molecule is CC(=O)OC[C@H]1O[C@@H](n2c(SCc3cc4cc(F)ccc4oc3=O)nc3cncnc32)[C@H](OC(C)=O)[C@@H]1OC(C)=O. The van der Waals surface area contributed by atoms with Gasteiger partial charge in [-0.2, -0.15) is 0 Å². The number of aromatic nitrogens is 4. The van der Waals surface area contributed by atoms with Crippen LogP contribution in [0.5, 0.6) is 0 Å². The smallest absolute Gasteiger partial charge is 0.340 e. The maximum absolute atomic E-state index is 13.8. The average Bonchev–Trinajstić information content (AvgIpc) is 3.43. The summed E-state index contributed by atoms with van der Waals surface area (Å²) in [6, 6.07) is 5.36. The van der Waals surface area contributed by atoms with Crippen molar-refractivity contribution in [2.75, 3.05) is 6.61 Å². The van der Waals surface area contributed by atoms with Gasteiger partial charge < -0.3 is 23.4 Å². The van der Waals surface area contributed by atoms with E-state index in [9.17, 15) is 23.6 Å². The predicted molar refractivity (Wildman–Crippen MR) is 139 cm³/mol. The van der Waals surface area contributed by atoms with Gasteiger partial charge >= 0.3 is 23.5 Å². The molecular formula is C26H23FN4O9S. The molecule has 1 aromatic carbocycles. The Balaban J connectivity index is 1.54. The number of imidazole rings is 1. The van der Waals surface area contributed by atoms with Crippen molar-refractivity contribution in [1.29, 1.82) is 0 Å². The number of esters is 3. The third kappa shape index (κ3) is 6.05. The lowest BCUT2D eigenvalue weighted by Crippen LogP contribution is -2.40. The third-order valence-electron chi connectivity index (χ3n) is 6.04. The van der Waals surface area contributed by atoms with E-state index in [0.29, 0.717) is 16.6 Å². The van der Waals surface area contributed by atoms with Crippen LogP contribution in [0, 0.1) is 5.82 Å². The number of halogens is 1. The van der Waals surface area contributed by atoms with Crippen molar-refractivity contribution in [2.45, 2.75) is 56.2 Å². The molecule has 0 radical (unpaired) electrons. The standard InChI is InChI=1S/C26H23FN4O9S/c1-12(32)36-9-20-21(37-13(2)33)22(38-14(3)34)24(39-20)31-23-18(8-28-11-29-23)30-26(31)41-10-16-6-15-7-17(27)4-5-19(15)40-25(16)35/h4-8,11,20-22,24H,9-10H2,1-3H3/t20-,21-,22-,24-/m1/s1. The Morgan fingerprint density at radius 3 is 2.56 bits per heavy atom. The molecule has 1 aliphatic heterocycles. The molecule has 0 saturated carbocycles. The largest absolute Gasteiger partial charge is 0.463 e. The van der Waals surface area contributed by atoms with Crippen molar-refractivity contribution in [3.8, 4) is 0 Å². The van der Waals surface area contributed by atoms with Crippen LogP contribution < -0.4 is 5.63 Å². The van der Waals surface area contributed by atoms with Gasteiger partial charge in [-0.1, -0.05) is 11.8 Å². The van der Waals surface area contributed by atoms with Gasteiger partial charge in [-0.05, 0) is 24.3 Å². The normalized spacial score (nSPS) is 20.3. The lowest BCUT2D eigenvalue weighted by atomic mass is 10.1. The van der Waals surface area contributed by atoms with Gasteiger partial charge in [-0.25, -0.2) is 24.1 Å². The molecule has 41 heavy (non-hydrogen) atoms. The Kier molecular flexibility index (Phi) is 7.99. The maximum atomic E-state index is 13.8. The molecule has 0 N–H and O–H groups in total. The number of benzene rings is 1. The summed E-state index contributed by atoms with van der Waals surface area (Å²) in [7, 11) is 0. The molecule has 1 aliphatic rings. The highest BCUT2D eigenvalue weighted by Gasteiger charge is 2.51. The molecule has 0 aliphatic carbocycles. The van der Waals surface area contributed by atoms with Crippen molar-refractivity contribution < 1.29 is 42.1 Å². The summed E-state index contributed by atoms with van der Waals surface area (Å²) in [5.74, 6) is -2.36. The Bertz CT molecular complexity index is 1710. The first-order chi connectivity index (χ1) is 19.6. The van der Waals surface area contributed by atoms with Gasteiger partial charge in [0.15, 0.2) is 29.2 Å². The minimum atomic E-state index is -1.18. The van der Waals surface area contributed by atoms with Crippen LogP contribution >= 0.6 is 11.8 Å². The predicted octanol–water partition coefficient (Wildman–Crippen LogP) is 2.69. The molecule has 4 heterocycles. The van der Waals surface area contributed by atoms with Crippen LogP contribution in [0.4, 0.5) is 4.39 Å². The average molecular weight is 587 g/mol. The molecule has 1 fully saturated rings. The second-order valence-corrected chi connectivity index (χ2v) is 9.98. The van der Waals surface area contributed by atoms with Crippen LogP contribution in [0.25, 0.3) is 22.1 Å². The van der Waals surface area contributed by atoms with Crippen molar-refractivity contribution in [1.82, 2.24) is 19.5 Å². The van der Waals surface area contributed by atoms with E-state index in [1.807, 2.05) is 0 Å². The van der Waals surface area contributed by atoms with E-state index in [1.54, 1.807) is 0 Å². The Morgan fingerprint density at radius 1 is 1.07 bits per heavy atom. The van der Waals surface area contributed by atoms with Crippen LogP contribution in [0.2, 0.25) is 0 Å². The first-order valence-electron chi connectivity index (χ1n) is 12.3. The van der Waals surface area contributed by atoms with Crippen LogP contribution in [0.1, 0.15) is 32.6 Å². The first kappa shape index (κ1) is 28.2. The molecule has 15 heteroatoms. The van der Waals surface area contributed by atoms with Gasteiger partial charge in [-0.3, -0.25) is 19.0 Å². The Morgan fingerprint density at radius 2 is 1.83 bits per heavy atom. The van der Waals surface area contributed by atoms with Crippen molar-refractivity contribution in [2.24, 2.45) is 0 Å². The molecule has 214 valence electrons. The van der Waals surface area contributed by atoms with E-state index in [2.05, 4.69) is 15.0 Å². The molecule has 4 aromatic rings. The number of carbonyl (C=O) groups excluding carboxylic acids is 3. The Labute approximate surface area is 234 Å². The van der Waals surface area contributed by atoms with Crippen LogP contribution in [0.3, 0.4) is 0 Å². The second kappa shape index (κ2) is 11.6. The number of ether oxygens (including phenoxy) is 4. The summed E-state index contributed by atoms with van der Waals surface area (Å²) in [6.45, 7) is 3.29. The van der Waals surface area contributed by atoms with E-state index in [-0.39, 0.29) is 28.7 Å². The highest BCUT2D eigenvalue weighted by molar-refractivity contribution is 7.98. The third-order valence-corrected chi connectivity index (χ3v) is 7.04. The number of hydrogen-bond acceptors (Lipinski definition) is 13.